The predicted octanol–water partition coefficient (Wildman–Crippen LogP) is 5.51. The van der Waals surface area contributed by atoms with Crippen LogP contribution in [0.1, 0.15) is 50.0 Å². The van der Waals surface area contributed by atoms with E-state index >= 15 is 0 Å². The molecule has 0 radical (unpaired) electrons. The number of furan rings is 1. The van der Waals surface area contributed by atoms with Crippen LogP contribution in [-0.4, -0.2) is 32.2 Å². The first-order chi connectivity index (χ1) is 16.0. The topological polar surface area (TPSA) is 87.0 Å². The minimum atomic E-state index is -0.446. The van der Waals surface area contributed by atoms with Crippen LogP contribution < -0.4 is 10.1 Å². The van der Waals surface area contributed by atoms with Crippen LogP contribution in [0.25, 0.3) is 0 Å². The molecule has 2 heterocycles. The number of amides is 1. The van der Waals surface area contributed by atoms with Crippen LogP contribution in [0.4, 0.5) is 5.00 Å². The molecule has 2 aromatic heterocycles. The van der Waals surface area contributed by atoms with E-state index in [4.69, 9.17) is 30.2 Å². The van der Waals surface area contributed by atoms with Gasteiger partial charge in [0.05, 0.1) is 12.2 Å². The van der Waals surface area contributed by atoms with Gasteiger partial charge < -0.3 is 23.9 Å². The molecule has 1 aromatic carbocycles. The SMILES string of the molecule is COCCOC(=O)c1c(NC(=O)c2ccc(COc3ccc(Cl)cc3)o2)sc2c1CCCC2. The summed E-state index contributed by atoms with van der Waals surface area (Å²) in [6.45, 7) is 0.634. The van der Waals surface area contributed by atoms with Crippen LogP contribution in [-0.2, 0) is 28.9 Å². The first-order valence-corrected chi connectivity index (χ1v) is 11.8. The molecular weight excluding hydrogens is 466 g/mol. The number of aryl methyl sites for hydroxylation is 1. The van der Waals surface area contributed by atoms with E-state index < -0.39 is 11.9 Å². The van der Waals surface area contributed by atoms with Crippen LogP contribution in [0, 0.1) is 0 Å². The van der Waals surface area contributed by atoms with Crippen molar-refractivity contribution in [1.29, 1.82) is 0 Å². The minimum Gasteiger partial charge on any atom is -0.486 e. The molecule has 4 rings (SSSR count). The fraction of sp³-hybridized carbons (Fsp3) is 0.333. The number of nitrogens with one attached hydrogen (secondary N) is 1. The van der Waals surface area contributed by atoms with Gasteiger partial charge in [0.1, 0.15) is 29.7 Å². The van der Waals surface area contributed by atoms with Crippen molar-refractivity contribution >= 4 is 39.8 Å². The van der Waals surface area contributed by atoms with E-state index in [0.29, 0.717) is 33.7 Å². The van der Waals surface area contributed by atoms with E-state index in [1.807, 2.05) is 0 Å². The number of anilines is 1. The van der Waals surface area contributed by atoms with Gasteiger partial charge in [-0.05, 0) is 67.6 Å². The highest BCUT2D eigenvalue weighted by molar-refractivity contribution is 7.17. The van der Waals surface area contributed by atoms with Gasteiger partial charge in [-0.3, -0.25) is 4.79 Å². The lowest BCUT2D eigenvalue weighted by molar-refractivity contribution is 0.0388. The number of carbonyl (C=O) groups is 2. The van der Waals surface area contributed by atoms with Gasteiger partial charge in [-0.25, -0.2) is 4.79 Å². The van der Waals surface area contributed by atoms with E-state index in [1.165, 1.54) is 11.3 Å². The van der Waals surface area contributed by atoms with Gasteiger partial charge in [-0.1, -0.05) is 11.6 Å². The molecule has 174 valence electrons. The number of hydrogen-bond donors (Lipinski definition) is 1. The Morgan fingerprint density at radius 1 is 1.09 bits per heavy atom. The van der Waals surface area contributed by atoms with Crippen LogP contribution >= 0.6 is 22.9 Å². The molecule has 9 heteroatoms. The summed E-state index contributed by atoms with van der Waals surface area (Å²) in [5.41, 5.74) is 1.41. The first-order valence-electron chi connectivity index (χ1n) is 10.6. The number of halogens is 1. The van der Waals surface area contributed by atoms with Gasteiger partial charge in [0.2, 0.25) is 0 Å². The third-order valence-electron chi connectivity index (χ3n) is 5.20. The Balaban J connectivity index is 1.45. The number of fused-ring (bicyclic) bond motifs is 1. The second-order valence-corrected chi connectivity index (χ2v) is 9.05. The second-order valence-electron chi connectivity index (χ2n) is 7.51. The summed E-state index contributed by atoms with van der Waals surface area (Å²) in [7, 11) is 1.55. The Morgan fingerprint density at radius 2 is 1.88 bits per heavy atom. The highest BCUT2D eigenvalue weighted by Gasteiger charge is 2.28. The molecule has 1 aliphatic rings. The van der Waals surface area contributed by atoms with Gasteiger partial charge in [0.25, 0.3) is 5.91 Å². The van der Waals surface area contributed by atoms with Crippen molar-refractivity contribution in [2.75, 3.05) is 25.6 Å². The third-order valence-corrected chi connectivity index (χ3v) is 6.66. The third kappa shape index (κ3) is 5.76. The lowest BCUT2D eigenvalue weighted by atomic mass is 9.95. The standard InChI is InChI=1S/C24H24ClNO6S/c1-29-12-13-30-24(28)21-18-4-2-3-5-20(18)33-23(21)26-22(27)19-11-10-17(32-19)14-31-16-8-6-15(25)7-9-16/h6-11H,2-5,12-14H2,1H3,(H,26,27). The number of rotatable bonds is 9. The number of carbonyl (C=O) groups excluding carboxylic acids is 2. The molecule has 1 aliphatic carbocycles. The predicted molar refractivity (Wildman–Crippen MR) is 126 cm³/mol. The molecule has 0 unspecified atom stereocenters. The Hall–Kier alpha value is -2.81. The molecule has 0 saturated heterocycles. The number of thiophene rings is 1. The fourth-order valence-corrected chi connectivity index (χ4v) is 4.99. The van der Waals surface area contributed by atoms with Crippen molar-refractivity contribution in [2.24, 2.45) is 0 Å². The molecule has 0 atom stereocenters. The fourth-order valence-electron chi connectivity index (χ4n) is 3.59. The normalized spacial score (nSPS) is 12.8. The van der Waals surface area contributed by atoms with Gasteiger partial charge >= 0.3 is 5.97 Å². The second kappa shape index (κ2) is 10.9. The van der Waals surface area contributed by atoms with Gasteiger partial charge in [-0.2, -0.15) is 0 Å². The Labute approximate surface area is 200 Å². The summed E-state index contributed by atoms with van der Waals surface area (Å²) >= 11 is 7.30. The van der Waals surface area contributed by atoms with Crippen molar-refractivity contribution < 1.29 is 28.2 Å². The maximum absolute atomic E-state index is 12.9. The molecule has 33 heavy (non-hydrogen) atoms. The minimum absolute atomic E-state index is 0.134. The van der Waals surface area contributed by atoms with Gasteiger partial charge in [0, 0.05) is 17.0 Å². The summed E-state index contributed by atoms with van der Waals surface area (Å²) < 4.78 is 21.6. The molecule has 1 amide bonds. The average Bonchev–Trinajstić information content (AvgIpc) is 3.43. The van der Waals surface area contributed by atoms with Crippen LogP contribution in [0.5, 0.6) is 5.75 Å². The summed E-state index contributed by atoms with van der Waals surface area (Å²) in [5.74, 6) is 0.396. The molecule has 0 bridgehead atoms. The zero-order valence-corrected chi connectivity index (χ0v) is 19.7. The zero-order valence-electron chi connectivity index (χ0n) is 18.1. The quantitative estimate of drug-likeness (QED) is 0.315. The lowest BCUT2D eigenvalue weighted by Crippen LogP contribution is -2.16. The highest BCUT2D eigenvalue weighted by Crippen LogP contribution is 2.39. The van der Waals surface area contributed by atoms with Gasteiger partial charge in [0.15, 0.2) is 5.76 Å². The van der Waals surface area contributed by atoms with Crippen molar-refractivity contribution in [3.8, 4) is 5.75 Å². The van der Waals surface area contributed by atoms with Crippen molar-refractivity contribution in [3.05, 3.63) is 68.9 Å². The van der Waals surface area contributed by atoms with E-state index in [0.717, 1.165) is 36.1 Å². The van der Waals surface area contributed by atoms with E-state index in [9.17, 15) is 9.59 Å². The maximum Gasteiger partial charge on any atom is 0.341 e. The molecule has 1 N–H and O–H groups in total. The molecule has 0 fully saturated rings. The van der Waals surface area contributed by atoms with E-state index in [1.54, 1.807) is 43.5 Å². The number of hydrogen-bond acceptors (Lipinski definition) is 7. The van der Waals surface area contributed by atoms with Crippen molar-refractivity contribution in [3.63, 3.8) is 0 Å². The number of methoxy groups -OCH3 is 1. The number of benzene rings is 1. The molecule has 0 spiro atoms. The smallest absolute Gasteiger partial charge is 0.341 e. The molecular formula is C24H24ClNO6S. The Morgan fingerprint density at radius 3 is 2.67 bits per heavy atom. The van der Waals surface area contributed by atoms with Crippen molar-refractivity contribution in [2.45, 2.75) is 32.3 Å². The van der Waals surface area contributed by atoms with Crippen molar-refractivity contribution in [1.82, 2.24) is 0 Å². The summed E-state index contributed by atoms with van der Waals surface area (Å²) in [6.07, 6.45) is 3.75. The van der Waals surface area contributed by atoms with E-state index in [2.05, 4.69) is 5.32 Å². The van der Waals surface area contributed by atoms with Gasteiger partial charge in [-0.15, -0.1) is 11.3 Å². The first kappa shape index (κ1) is 23.4. The molecule has 3 aromatic rings. The molecule has 0 saturated carbocycles. The summed E-state index contributed by atoms with van der Waals surface area (Å²) in [6, 6.07) is 10.2. The summed E-state index contributed by atoms with van der Waals surface area (Å²) in [4.78, 5) is 26.7. The number of ether oxygens (including phenoxy) is 3. The monoisotopic (exact) mass is 489 g/mol. The summed E-state index contributed by atoms with van der Waals surface area (Å²) in [5, 5.41) is 3.96. The van der Waals surface area contributed by atoms with Crippen LogP contribution in [0.3, 0.4) is 0 Å². The Kier molecular flexibility index (Phi) is 7.69. The molecule has 7 nitrogen and oxygen atoms in total. The number of esters is 1. The average molecular weight is 490 g/mol. The maximum atomic E-state index is 12.9. The highest BCUT2D eigenvalue weighted by atomic mass is 35.5. The largest absolute Gasteiger partial charge is 0.486 e. The molecule has 0 aliphatic heterocycles. The lowest BCUT2D eigenvalue weighted by Gasteiger charge is -2.12. The Bertz CT molecular complexity index is 1120. The van der Waals surface area contributed by atoms with E-state index in [-0.39, 0.29) is 19.0 Å². The van der Waals surface area contributed by atoms with Crippen LogP contribution in [0.2, 0.25) is 5.02 Å². The van der Waals surface area contributed by atoms with Crippen LogP contribution in [0.15, 0.2) is 40.8 Å². The zero-order chi connectivity index (χ0) is 23.2.